The van der Waals surface area contributed by atoms with Gasteiger partial charge in [0.15, 0.2) is 17.0 Å². The van der Waals surface area contributed by atoms with Crippen LogP contribution in [0.5, 0.6) is 0 Å². The molecule has 39 heavy (non-hydrogen) atoms. The molecule has 2 aromatic rings. The zero-order chi connectivity index (χ0) is 28.5. The number of hydrogen-bond acceptors (Lipinski definition) is 10. The van der Waals surface area contributed by atoms with Gasteiger partial charge < -0.3 is 23.6 Å². The summed E-state index contributed by atoms with van der Waals surface area (Å²) in [5, 5.41) is 9.00. The molecular weight excluding hydrogens is 519 g/mol. The van der Waals surface area contributed by atoms with Crippen molar-refractivity contribution in [2.75, 3.05) is 41.4 Å². The number of ether oxygens (including phenoxy) is 1. The Morgan fingerprint density at radius 2 is 1.85 bits per heavy atom. The van der Waals surface area contributed by atoms with E-state index in [9.17, 15) is 0 Å². The van der Waals surface area contributed by atoms with Crippen LogP contribution in [-0.4, -0.2) is 112 Å². The summed E-state index contributed by atoms with van der Waals surface area (Å²) < 4.78 is 23.1. The number of imidazole rings is 1. The molecule has 3 heterocycles. The SMILES string of the molecule is CC(C)N(C(C)C)P(OCCC#N)OC[C@H]1O[C@@H](n2cnc3c(N=CN(C)C)ncnc32)C[C@@H]1N=CN(C)C. The van der Waals surface area contributed by atoms with Gasteiger partial charge in [0.25, 0.3) is 8.53 Å². The first kappa shape index (κ1) is 30.8. The molecule has 0 amide bonds. The van der Waals surface area contributed by atoms with E-state index < -0.39 is 8.53 Å². The van der Waals surface area contributed by atoms with E-state index in [0.717, 1.165) is 0 Å². The van der Waals surface area contributed by atoms with Gasteiger partial charge in [-0.2, -0.15) is 5.26 Å². The fraction of sp³-hybridized carbons (Fsp3) is 0.680. The molecule has 0 radical (unpaired) electrons. The number of fused-ring (bicyclic) bond motifs is 1. The minimum atomic E-state index is -1.39. The van der Waals surface area contributed by atoms with Crippen molar-refractivity contribution in [3.8, 4) is 6.07 Å². The minimum Gasteiger partial charge on any atom is -0.369 e. The molecule has 0 saturated carbocycles. The van der Waals surface area contributed by atoms with E-state index >= 15 is 0 Å². The second-order valence-corrected chi connectivity index (χ2v) is 11.7. The number of aliphatic imine (C=N–C) groups is 2. The average molecular weight is 561 g/mol. The highest BCUT2D eigenvalue weighted by molar-refractivity contribution is 7.44. The maximum Gasteiger partial charge on any atom is 0.259 e. The highest BCUT2D eigenvalue weighted by atomic mass is 31.2. The molecule has 3 rings (SSSR count). The first-order chi connectivity index (χ1) is 18.6. The number of nitriles is 1. The van der Waals surface area contributed by atoms with Gasteiger partial charge in [-0.15, -0.1) is 0 Å². The Bertz CT molecular complexity index is 1140. The third-order valence-corrected chi connectivity index (χ3v) is 7.84. The second-order valence-electron chi connectivity index (χ2n) is 10.2. The maximum absolute atomic E-state index is 9.00. The molecule has 13 nitrogen and oxygen atoms in total. The summed E-state index contributed by atoms with van der Waals surface area (Å²) in [4.78, 5) is 26.2. The van der Waals surface area contributed by atoms with Crippen molar-refractivity contribution >= 4 is 38.2 Å². The number of aromatic nitrogens is 4. The van der Waals surface area contributed by atoms with E-state index in [1.54, 1.807) is 19.0 Å². The molecule has 14 heteroatoms. The molecule has 214 valence electrons. The molecule has 0 bridgehead atoms. The van der Waals surface area contributed by atoms with Crippen molar-refractivity contribution in [2.45, 2.75) is 71.0 Å². The molecule has 0 aromatic carbocycles. The zero-order valence-corrected chi connectivity index (χ0v) is 25.1. The van der Waals surface area contributed by atoms with E-state index in [0.29, 0.717) is 43.0 Å². The van der Waals surface area contributed by atoms with Crippen LogP contribution < -0.4 is 0 Å². The van der Waals surface area contributed by atoms with Crippen LogP contribution in [-0.2, 0) is 13.8 Å². The van der Waals surface area contributed by atoms with E-state index in [-0.39, 0.29) is 30.5 Å². The Morgan fingerprint density at radius 1 is 1.13 bits per heavy atom. The molecule has 0 spiro atoms. The molecule has 2 aromatic heterocycles. The quantitative estimate of drug-likeness (QED) is 0.146. The van der Waals surface area contributed by atoms with Gasteiger partial charge in [0.05, 0.1) is 50.8 Å². The standard InChI is InChI=1S/C25H41N10O3P/c1-18(2)35(19(3)4)39(36-11-9-10-26)37-13-21-20(29-15-32(5)6)12-22(38-21)34-17-30-23-24(31-16-33(7)8)27-14-28-25(23)34/h14-22H,9,11-13H2,1-8H3/t20-,21+,22+,39?/m0/s1. The van der Waals surface area contributed by atoms with Gasteiger partial charge in [0.2, 0.25) is 0 Å². The van der Waals surface area contributed by atoms with Crippen LogP contribution in [0.15, 0.2) is 22.6 Å². The Balaban J connectivity index is 1.83. The van der Waals surface area contributed by atoms with Gasteiger partial charge in [-0.25, -0.2) is 24.6 Å². The normalized spacial score (nSPS) is 20.7. The average Bonchev–Trinajstić information content (AvgIpc) is 3.48. The minimum absolute atomic E-state index is 0.148. The summed E-state index contributed by atoms with van der Waals surface area (Å²) in [6.07, 6.45) is 6.94. The molecule has 1 unspecified atom stereocenters. The smallest absolute Gasteiger partial charge is 0.259 e. The Morgan fingerprint density at radius 3 is 2.49 bits per heavy atom. The summed E-state index contributed by atoms with van der Waals surface area (Å²) in [5.41, 5.74) is 1.25. The van der Waals surface area contributed by atoms with Crippen molar-refractivity contribution in [3.05, 3.63) is 12.7 Å². The molecule has 1 fully saturated rings. The molecule has 1 saturated heterocycles. The number of rotatable bonds is 14. The van der Waals surface area contributed by atoms with Gasteiger partial charge in [-0.3, -0.25) is 9.56 Å². The highest BCUT2D eigenvalue weighted by Crippen LogP contribution is 2.47. The fourth-order valence-electron chi connectivity index (χ4n) is 4.18. The Kier molecular flexibility index (Phi) is 11.5. The van der Waals surface area contributed by atoms with Crippen molar-refractivity contribution < 1.29 is 13.8 Å². The van der Waals surface area contributed by atoms with Crippen LogP contribution in [0.3, 0.4) is 0 Å². The van der Waals surface area contributed by atoms with Crippen LogP contribution in [0, 0.1) is 11.3 Å². The summed E-state index contributed by atoms with van der Waals surface area (Å²) >= 11 is 0. The van der Waals surface area contributed by atoms with Crippen molar-refractivity contribution in [1.29, 1.82) is 5.26 Å². The topological polar surface area (TPSA) is 130 Å². The van der Waals surface area contributed by atoms with Crippen LogP contribution in [0.2, 0.25) is 0 Å². The highest BCUT2D eigenvalue weighted by Gasteiger charge is 2.39. The molecule has 1 aliphatic heterocycles. The molecule has 1 aliphatic rings. The first-order valence-corrected chi connectivity index (χ1v) is 14.2. The summed E-state index contributed by atoms with van der Waals surface area (Å²) in [6.45, 7) is 9.06. The van der Waals surface area contributed by atoms with Crippen LogP contribution >= 0.6 is 8.53 Å². The van der Waals surface area contributed by atoms with Gasteiger partial charge in [0, 0.05) is 46.7 Å². The molecular formula is C25H41N10O3P. The van der Waals surface area contributed by atoms with Crippen molar-refractivity contribution in [3.63, 3.8) is 0 Å². The van der Waals surface area contributed by atoms with E-state index in [1.165, 1.54) is 6.33 Å². The third kappa shape index (κ3) is 8.37. The number of nitrogens with zero attached hydrogens (tertiary/aromatic N) is 10. The van der Waals surface area contributed by atoms with Gasteiger partial charge in [-0.05, 0) is 27.7 Å². The van der Waals surface area contributed by atoms with Crippen LogP contribution in [0.1, 0.15) is 46.8 Å². The predicted molar refractivity (Wildman–Crippen MR) is 153 cm³/mol. The lowest BCUT2D eigenvalue weighted by Gasteiger charge is -2.36. The molecule has 0 N–H and O–H groups in total. The van der Waals surface area contributed by atoms with Crippen LogP contribution in [0.25, 0.3) is 11.2 Å². The largest absolute Gasteiger partial charge is 0.369 e. The van der Waals surface area contributed by atoms with E-state index in [1.807, 2.05) is 42.6 Å². The third-order valence-electron chi connectivity index (χ3n) is 5.77. The van der Waals surface area contributed by atoms with Crippen molar-refractivity contribution in [2.24, 2.45) is 9.98 Å². The van der Waals surface area contributed by atoms with Crippen molar-refractivity contribution in [1.82, 2.24) is 34.0 Å². The summed E-state index contributed by atoms with van der Waals surface area (Å²) in [7, 11) is 6.26. The fourth-order valence-corrected chi connectivity index (χ4v) is 5.79. The van der Waals surface area contributed by atoms with Crippen LogP contribution in [0.4, 0.5) is 5.82 Å². The summed E-state index contributed by atoms with van der Waals surface area (Å²) in [6, 6.07) is 2.41. The molecule has 4 atom stereocenters. The van der Waals surface area contributed by atoms with E-state index in [2.05, 4.69) is 58.4 Å². The van der Waals surface area contributed by atoms with Gasteiger partial charge in [-0.1, -0.05) is 0 Å². The lowest BCUT2D eigenvalue weighted by Crippen LogP contribution is -2.35. The Labute approximate surface area is 232 Å². The van der Waals surface area contributed by atoms with Gasteiger partial charge in [0.1, 0.15) is 18.7 Å². The maximum atomic E-state index is 9.00. The Hall–Kier alpha value is -2.75. The number of hydrogen-bond donors (Lipinski definition) is 0. The van der Waals surface area contributed by atoms with Gasteiger partial charge >= 0.3 is 0 Å². The predicted octanol–water partition coefficient (Wildman–Crippen LogP) is 3.59. The zero-order valence-electron chi connectivity index (χ0n) is 24.2. The lowest BCUT2D eigenvalue weighted by atomic mass is 10.1. The lowest BCUT2D eigenvalue weighted by molar-refractivity contribution is -0.0211. The summed E-state index contributed by atoms with van der Waals surface area (Å²) in [5.74, 6) is 0.495. The first-order valence-electron chi connectivity index (χ1n) is 13.1. The monoisotopic (exact) mass is 560 g/mol. The van der Waals surface area contributed by atoms with E-state index in [4.69, 9.17) is 24.0 Å². The molecule has 0 aliphatic carbocycles. The second kappa shape index (κ2) is 14.6.